The molecule has 0 saturated carbocycles. The van der Waals surface area contributed by atoms with Crippen molar-refractivity contribution in [2.45, 2.75) is 45.8 Å². The lowest BCUT2D eigenvalue weighted by Gasteiger charge is -2.33. The number of likely N-dealkylation sites (N-methyl/N-ethyl adjacent to an activating group) is 1. The van der Waals surface area contributed by atoms with Crippen molar-refractivity contribution in [1.29, 1.82) is 0 Å². The van der Waals surface area contributed by atoms with Gasteiger partial charge in [0.05, 0.1) is 12.7 Å². The van der Waals surface area contributed by atoms with Gasteiger partial charge in [-0.1, -0.05) is 6.92 Å². The van der Waals surface area contributed by atoms with Crippen LogP contribution in [0.15, 0.2) is 0 Å². The Morgan fingerprint density at radius 3 is 2.40 bits per heavy atom. The molecule has 0 aromatic rings. The molecular weight excluding hydrogens is 188 g/mol. The average Bonchev–Trinajstić information content (AvgIpc) is 2.15. The van der Waals surface area contributed by atoms with E-state index in [1.54, 1.807) is 0 Å². The summed E-state index contributed by atoms with van der Waals surface area (Å²) in [5.74, 6) is 0. The molecule has 1 N–H and O–H groups in total. The number of nitrogens with zero attached hydrogens (tertiary/aromatic N) is 1. The van der Waals surface area contributed by atoms with Crippen LogP contribution in [0, 0.1) is 0 Å². The number of ether oxygens (including phenoxy) is 1. The minimum Gasteiger partial charge on any atom is -0.375 e. The van der Waals surface area contributed by atoms with Crippen LogP contribution in [-0.4, -0.2) is 50.3 Å². The number of nitrogens with one attached hydrogen (secondary N) is 1. The SMILES string of the molecule is CCCNCC(C)OCC(C)(C)N(C)C. The van der Waals surface area contributed by atoms with Gasteiger partial charge in [-0.3, -0.25) is 0 Å². The Balaban J connectivity index is 3.65. The van der Waals surface area contributed by atoms with Crippen molar-refractivity contribution in [3.8, 4) is 0 Å². The molecule has 0 rings (SSSR count). The highest BCUT2D eigenvalue weighted by Gasteiger charge is 2.21. The zero-order valence-corrected chi connectivity index (χ0v) is 11.3. The van der Waals surface area contributed by atoms with E-state index >= 15 is 0 Å². The maximum Gasteiger partial charge on any atom is 0.0672 e. The van der Waals surface area contributed by atoms with Crippen LogP contribution in [0.1, 0.15) is 34.1 Å². The fourth-order valence-electron chi connectivity index (χ4n) is 1.02. The molecule has 15 heavy (non-hydrogen) atoms. The van der Waals surface area contributed by atoms with Crippen LogP contribution in [-0.2, 0) is 4.74 Å². The van der Waals surface area contributed by atoms with E-state index in [2.05, 4.69) is 52.0 Å². The number of hydrogen-bond acceptors (Lipinski definition) is 3. The fraction of sp³-hybridized carbons (Fsp3) is 1.00. The van der Waals surface area contributed by atoms with E-state index in [1.807, 2.05) is 0 Å². The second-order valence-corrected chi connectivity index (χ2v) is 5.03. The Morgan fingerprint density at radius 1 is 1.33 bits per heavy atom. The van der Waals surface area contributed by atoms with Gasteiger partial charge in [0.2, 0.25) is 0 Å². The van der Waals surface area contributed by atoms with Gasteiger partial charge < -0.3 is 15.0 Å². The van der Waals surface area contributed by atoms with Gasteiger partial charge in [-0.2, -0.15) is 0 Å². The van der Waals surface area contributed by atoms with E-state index in [1.165, 1.54) is 6.42 Å². The zero-order valence-electron chi connectivity index (χ0n) is 11.3. The Bertz CT molecular complexity index is 158. The van der Waals surface area contributed by atoms with Crippen molar-refractivity contribution >= 4 is 0 Å². The van der Waals surface area contributed by atoms with Crippen molar-refractivity contribution in [3.05, 3.63) is 0 Å². The Morgan fingerprint density at radius 2 is 1.93 bits per heavy atom. The van der Waals surface area contributed by atoms with E-state index in [-0.39, 0.29) is 11.6 Å². The molecular formula is C12H28N2O. The van der Waals surface area contributed by atoms with E-state index in [0.717, 1.165) is 19.7 Å². The van der Waals surface area contributed by atoms with E-state index in [4.69, 9.17) is 4.74 Å². The molecule has 3 nitrogen and oxygen atoms in total. The van der Waals surface area contributed by atoms with Gasteiger partial charge in [0.25, 0.3) is 0 Å². The third kappa shape index (κ3) is 6.88. The van der Waals surface area contributed by atoms with Crippen LogP contribution >= 0.6 is 0 Å². The van der Waals surface area contributed by atoms with Gasteiger partial charge in [-0.15, -0.1) is 0 Å². The first-order valence-electron chi connectivity index (χ1n) is 5.90. The molecule has 0 saturated heterocycles. The molecule has 0 spiro atoms. The molecule has 0 amide bonds. The van der Waals surface area contributed by atoms with Crippen LogP contribution < -0.4 is 5.32 Å². The van der Waals surface area contributed by atoms with Crippen molar-refractivity contribution in [2.24, 2.45) is 0 Å². The standard InChI is InChI=1S/C12H28N2O/c1-7-8-13-9-11(2)15-10-12(3,4)14(5)6/h11,13H,7-10H2,1-6H3. The first-order valence-corrected chi connectivity index (χ1v) is 5.90. The van der Waals surface area contributed by atoms with Gasteiger partial charge in [-0.25, -0.2) is 0 Å². The second kappa shape index (κ2) is 7.20. The van der Waals surface area contributed by atoms with Crippen molar-refractivity contribution in [1.82, 2.24) is 10.2 Å². The predicted molar refractivity (Wildman–Crippen MR) is 66.3 cm³/mol. The third-order valence-electron chi connectivity index (χ3n) is 2.79. The average molecular weight is 216 g/mol. The normalized spacial score (nSPS) is 14.6. The topological polar surface area (TPSA) is 24.5 Å². The molecule has 0 aromatic carbocycles. The molecule has 0 bridgehead atoms. The Kier molecular flexibility index (Phi) is 7.14. The first kappa shape index (κ1) is 14.9. The molecule has 0 aliphatic carbocycles. The van der Waals surface area contributed by atoms with Crippen molar-refractivity contribution in [3.63, 3.8) is 0 Å². The summed E-state index contributed by atoms with van der Waals surface area (Å²) in [7, 11) is 4.17. The van der Waals surface area contributed by atoms with Crippen LogP contribution in [0.5, 0.6) is 0 Å². The summed E-state index contributed by atoms with van der Waals surface area (Å²) in [6.07, 6.45) is 1.46. The fourth-order valence-corrected chi connectivity index (χ4v) is 1.02. The van der Waals surface area contributed by atoms with Crippen molar-refractivity contribution in [2.75, 3.05) is 33.8 Å². The van der Waals surface area contributed by atoms with E-state index in [9.17, 15) is 0 Å². The summed E-state index contributed by atoms with van der Waals surface area (Å²) >= 11 is 0. The third-order valence-corrected chi connectivity index (χ3v) is 2.79. The largest absolute Gasteiger partial charge is 0.375 e. The summed E-state index contributed by atoms with van der Waals surface area (Å²) in [6, 6.07) is 0. The summed E-state index contributed by atoms with van der Waals surface area (Å²) < 4.78 is 5.81. The predicted octanol–water partition coefficient (Wildman–Crippen LogP) is 1.73. The lowest BCUT2D eigenvalue weighted by molar-refractivity contribution is -0.00294. The summed E-state index contributed by atoms with van der Waals surface area (Å²) in [6.45, 7) is 11.5. The lowest BCUT2D eigenvalue weighted by atomic mass is 10.1. The van der Waals surface area contributed by atoms with Crippen LogP contribution in [0.3, 0.4) is 0 Å². The van der Waals surface area contributed by atoms with Gasteiger partial charge in [0.15, 0.2) is 0 Å². The second-order valence-electron chi connectivity index (χ2n) is 5.03. The highest BCUT2D eigenvalue weighted by Crippen LogP contribution is 2.11. The van der Waals surface area contributed by atoms with E-state index < -0.39 is 0 Å². The molecule has 3 heteroatoms. The maximum atomic E-state index is 5.81. The van der Waals surface area contributed by atoms with E-state index in [0.29, 0.717) is 0 Å². The van der Waals surface area contributed by atoms with Gasteiger partial charge in [0, 0.05) is 12.1 Å². The molecule has 0 fully saturated rings. The van der Waals surface area contributed by atoms with Crippen LogP contribution in [0.4, 0.5) is 0 Å². The Hall–Kier alpha value is -0.120. The minimum atomic E-state index is 0.110. The first-order chi connectivity index (χ1) is 6.90. The zero-order chi connectivity index (χ0) is 11.9. The molecule has 0 aromatic heterocycles. The summed E-state index contributed by atoms with van der Waals surface area (Å²) in [4.78, 5) is 2.19. The Labute approximate surface area is 95.2 Å². The quantitative estimate of drug-likeness (QED) is 0.625. The smallest absolute Gasteiger partial charge is 0.0672 e. The van der Waals surface area contributed by atoms with Crippen LogP contribution in [0.25, 0.3) is 0 Å². The number of rotatable bonds is 8. The maximum absolute atomic E-state index is 5.81. The minimum absolute atomic E-state index is 0.110. The molecule has 0 radical (unpaired) electrons. The molecule has 1 unspecified atom stereocenters. The summed E-state index contributed by atoms with van der Waals surface area (Å²) in [5, 5.41) is 3.36. The highest BCUT2D eigenvalue weighted by atomic mass is 16.5. The van der Waals surface area contributed by atoms with Gasteiger partial charge in [0.1, 0.15) is 0 Å². The lowest BCUT2D eigenvalue weighted by Crippen LogP contribution is -2.44. The van der Waals surface area contributed by atoms with Crippen LogP contribution in [0.2, 0.25) is 0 Å². The van der Waals surface area contributed by atoms with Gasteiger partial charge >= 0.3 is 0 Å². The molecule has 0 heterocycles. The monoisotopic (exact) mass is 216 g/mol. The van der Waals surface area contributed by atoms with Crippen molar-refractivity contribution < 1.29 is 4.74 Å². The molecule has 0 aliphatic rings. The highest BCUT2D eigenvalue weighted by molar-refractivity contribution is 4.76. The molecule has 1 atom stereocenters. The van der Waals surface area contributed by atoms with Gasteiger partial charge in [-0.05, 0) is 47.8 Å². The number of hydrogen-bond donors (Lipinski definition) is 1. The summed E-state index contributed by atoms with van der Waals surface area (Å²) in [5.41, 5.74) is 0.110. The molecule has 0 aliphatic heterocycles. The molecule has 92 valence electrons.